The monoisotopic (exact) mass is 295 g/mol. The van der Waals surface area contributed by atoms with Crippen LogP contribution in [0.2, 0.25) is 5.02 Å². The van der Waals surface area contributed by atoms with Gasteiger partial charge >= 0.3 is 5.69 Å². The molecule has 0 spiro atoms. The van der Waals surface area contributed by atoms with Crippen molar-refractivity contribution in [1.82, 2.24) is 14.8 Å². The van der Waals surface area contributed by atoms with Gasteiger partial charge in [0, 0.05) is 16.5 Å². The van der Waals surface area contributed by atoms with Crippen molar-refractivity contribution in [2.24, 2.45) is 0 Å². The molecule has 1 aliphatic rings. The average molecular weight is 296 g/mol. The molecule has 0 bridgehead atoms. The lowest BCUT2D eigenvalue weighted by molar-refractivity contribution is 0.112. The van der Waals surface area contributed by atoms with E-state index in [1.54, 1.807) is 22.8 Å². The molecule has 2 aromatic rings. The average Bonchev–Trinajstić information content (AvgIpc) is 3.15. The van der Waals surface area contributed by atoms with Crippen LogP contribution in [-0.2, 0) is 0 Å². The maximum atomic E-state index is 11.6. The van der Waals surface area contributed by atoms with Gasteiger partial charge in [-0.2, -0.15) is 0 Å². The fourth-order valence-corrected chi connectivity index (χ4v) is 3.02. The molecule has 5 nitrogen and oxygen atoms in total. The molecule has 1 aromatic heterocycles. The van der Waals surface area contributed by atoms with Crippen molar-refractivity contribution in [2.45, 2.75) is 28.9 Å². The molecule has 0 aliphatic heterocycles. The highest BCUT2D eigenvalue weighted by Crippen LogP contribution is 2.38. The molecule has 0 atom stereocenters. The van der Waals surface area contributed by atoms with E-state index in [0.29, 0.717) is 22.0 Å². The second-order valence-corrected chi connectivity index (χ2v) is 5.76. The predicted octanol–water partition coefficient (Wildman–Crippen LogP) is 2.52. The third-order valence-electron chi connectivity index (χ3n) is 2.89. The van der Waals surface area contributed by atoms with E-state index in [1.165, 1.54) is 11.8 Å². The Morgan fingerprint density at radius 2 is 2.26 bits per heavy atom. The van der Waals surface area contributed by atoms with Crippen LogP contribution in [0.3, 0.4) is 0 Å². The summed E-state index contributed by atoms with van der Waals surface area (Å²) in [7, 11) is 0. The van der Waals surface area contributed by atoms with E-state index < -0.39 is 0 Å². The number of hydrogen-bond donors (Lipinski definition) is 1. The van der Waals surface area contributed by atoms with Gasteiger partial charge in [0.25, 0.3) is 0 Å². The van der Waals surface area contributed by atoms with Gasteiger partial charge in [0.2, 0.25) is 0 Å². The Hall–Kier alpha value is -1.53. The summed E-state index contributed by atoms with van der Waals surface area (Å²) in [6, 6.07) is 5.41. The van der Waals surface area contributed by atoms with Crippen LogP contribution in [0.5, 0.6) is 0 Å². The smallest absolute Gasteiger partial charge is 0.298 e. The van der Waals surface area contributed by atoms with Gasteiger partial charge in [-0.05, 0) is 42.8 Å². The van der Waals surface area contributed by atoms with Crippen molar-refractivity contribution in [3.05, 3.63) is 39.3 Å². The molecule has 98 valence electrons. The number of hydrogen-bond acceptors (Lipinski definition) is 4. The van der Waals surface area contributed by atoms with Crippen molar-refractivity contribution < 1.29 is 4.79 Å². The molecule has 1 saturated carbocycles. The maximum absolute atomic E-state index is 11.6. The van der Waals surface area contributed by atoms with Gasteiger partial charge in [-0.25, -0.2) is 9.89 Å². The van der Waals surface area contributed by atoms with Gasteiger partial charge in [0.15, 0.2) is 11.4 Å². The molecule has 1 aromatic carbocycles. The van der Waals surface area contributed by atoms with Crippen LogP contribution in [-0.4, -0.2) is 21.1 Å². The first-order chi connectivity index (χ1) is 9.19. The number of carbonyl (C=O) groups is 1. The molecule has 1 aliphatic carbocycles. The van der Waals surface area contributed by atoms with Gasteiger partial charge in [0.05, 0.1) is 5.02 Å². The van der Waals surface area contributed by atoms with Crippen LogP contribution in [0.1, 0.15) is 29.2 Å². The number of nitrogens with zero attached hydrogens (tertiary/aromatic N) is 2. The second kappa shape index (κ2) is 4.86. The number of nitrogens with one attached hydrogen (secondary N) is 1. The van der Waals surface area contributed by atoms with E-state index in [0.717, 1.165) is 17.7 Å². The molecule has 0 amide bonds. The summed E-state index contributed by atoms with van der Waals surface area (Å²) >= 11 is 7.33. The van der Waals surface area contributed by atoms with Crippen LogP contribution in [0.25, 0.3) is 0 Å². The zero-order chi connectivity index (χ0) is 13.4. The van der Waals surface area contributed by atoms with E-state index in [2.05, 4.69) is 10.2 Å². The minimum atomic E-state index is -0.180. The van der Waals surface area contributed by atoms with Gasteiger partial charge in [0.1, 0.15) is 0 Å². The Labute approximate surface area is 118 Å². The summed E-state index contributed by atoms with van der Waals surface area (Å²) in [5.41, 5.74) is 0.272. The van der Waals surface area contributed by atoms with Crippen LogP contribution in [0.15, 0.2) is 33.0 Å². The number of H-pyrrole nitrogens is 1. The number of carbonyl (C=O) groups excluding carboxylic acids is 1. The number of aldehydes is 1. The standard InChI is InChI=1S/C12H10ClN3O2S/c13-10-5-9(4-1-7(10)6-17)19-12-15-14-11(18)16(12)8-2-3-8/h1,4-6,8H,2-3H2,(H,14,18). The lowest BCUT2D eigenvalue weighted by Gasteiger charge is -2.04. The normalized spacial score (nSPS) is 14.6. The molecule has 0 unspecified atom stereocenters. The Morgan fingerprint density at radius 3 is 2.89 bits per heavy atom. The van der Waals surface area contributed by atoms with E-state index in [4.69, 9.17) is 11.6 Å². The maximum Gasteiger partial charge on any atom is 0.344 e. The fourth-order valence-electron chi connectivity index (χ4n) is 1.79. The largest absolute Gasteiger partial charge is 0.344 e. The third kappa shape index (κ3) is 2.46. The summed E-state index contributed by atoms with van der Waals surface area (Å²) in [5, 5.41) is 7.51. The summed E-state index contributed by atoms with van der Waals surface area (Å²) in [5.74, 6) is 0. The van der Waals surface area contributed by atoms with E-state index in [1.807, 2.05) is 0 Å². The van der Waals surface area contributed by atoms with Crippen molar-refractivity contribution in [2.75, 3.05) is 0 Å². The highest BCUT2D eigenvalue weighted by molar-refractivity contribution is 7.99. The van der Waals surface area contributed by atoms with Crippen LogP contribution < -0.4 is 5.69 Å². The fraction of sp³-hybridized carbons (Fsp3) is 0.250. The third-order valence-corrected chi connectivity index (χ3v) is 4.18. The molecular formula is C12H10ClN3O2S. The highest BCUT2D eigenvalue weighted by Gasteiger charge is 2.28. The topological polar surface area (TPSA) is 67.8 Å². The first-order valence-electron chi connectivity index (χ1n) is 5.78. The van der Waals surface area contributed by atoms with Gasteiger partial charge < -0.3 is 0 Å². The zero-order valence-electron chi connectivity index (χ0n) is 9.80. The van der Waals surface area contributed by atoms with Crippen molar-refractivity contribution >= 4 is 29.6 Å². The van der Waals surface area contributed by atoms with Gasteiger partial charge in [-0.3, -0.25) is 9.36 Å². The van der Waals surface area contributed by atoms with Crippen molar-refractivity contribution in [3.63, 3.8) is 0 Å². The summed E-state index contributed by atoms with van der Waals surface area (Å²) in [6.07, 6.45) is 2.74. The van der Waals surface area contributed by atoms with Crippen LogP contribution >= 0.6 is 23.4 Å². The molecular weight excluding hydrogens is 286 g/mol. The number of aromatic amines is 1. The summed E-state index contributed by atoms with van der Waals surface area (Å²) in [6.45, 7) is 0. The zero-order valence-corrected chi connectivity index (χ0v) is 11.4. The Balaban J connectivity index is 1.91. The SMILES string of the molecule is O=Cc1ccc(Sc2n[nH]c(=O)n2C2CC2)cc1Cl. The Kier molecular flexibility index (Phi) is 3.20. The molecule has 19 heavy (non-hydrogen) atoms. The van der Waals surface area contributed by atoms with E-state index in [9.17, 15) is 9.59 Å². The van der Waals surface area contributed by atoms with Crippen LogP contribution in [0, 0.1) is 0 Å². The van der Waals surface area contributed by atoms with Gasteiger partial charge in [-0.1, -0.05) is 11.6 Å². The molecule has 1 heterocycles. The number of benzene rings is 1. The minimum Gasteiger partial charge on any atom is -0.298 e. The number of aromatic nitrogens is 3. The molecule has 0 radical (unpaired) electrons. The number of halogens is 1. The van der Waals surface area contributed by atoms with Crippen LogP contribution in [0.4, 0.5) is 0 Å². The summed E-state index contributed by atoms with van der Waals surface area (Å²) in [4.78, 5) is 23.2. The lowest BCUT2D eigenvalue weighted by Crippen LogP contribution is -2.15. The first kappa shape index (κ1) is 12.5. The van der Waals surface area contributed by atoms with E-state index in [-0.39, 0.29) is 11.7 Å². The first-order valence-corrected chi connectivity index (χ1v) is 6.98. The minimum absolute atomic E-state index is 0.180. The molecule has 1 fully saturated rings. The molecule has 0 saturated heterocycles. The summed E-state index contributed by atoms with van der Waals surface area (Å²) < 4.78 is 1.67. The lowest BCUT2D eigenvalue weighted by atomic mass is 10.2. The van der Waals surface area contributed by atoms with Crippen molar-refractivity contribution in [3.8, 4) is 0 Å². The van der Waals surface area contributed by atoms with E-state index >= 15 is 0 Å². The Bertz CT molecular complexity index is 691. The second-order valence-electron chi connectivity index (χ2n) is 4.32. The predicted molar refractivity (Wildman–Crippen MR) is 72.1 cm³/mol. The van der Waals surface area contributed by atoms with Crippen molar-refractivity contribution in [1.29, 1.82) is 0 Å². The molecule has 3 rings (SSSR count). The van der Waals surface area contributed by atoms with Gasteiger partial charge in [-0.15, -0.1) is 5.10 Å². The highest BCUT2D eigenvalue weighted by atomic mass is 35.5. The number of rotatable bonds is 4. The quantitative estimate of drug-likeness (QED) is 0.880. The molecule has 7 heteroatoms. The Morgan fingerprint density at radius 1 is 1.47 bits per heavy atom. The molecule has 1 N–H and O–H groups in total.